The van der Waals surface area contributed by atoms with Crippen molar-refractivity contribution >= 4 is 16.7 Å². The Kier molecular flexibility index (Phi) is 5.55. The van der Waals surface area contributed by atoms with Crippen LogP contribution in [0.5, 0.6) is 5.75 Å². The van der Waals surface area contributed by atoms with Gasteiger partial charge in [0.1, 0.15) is 11.9 Å². The van der Waals surface area contributed by atoms with Gasteiger partial charge in [-0.3, -0.25) is 0 Å². The van der Waals surface area contributed by atoms with Crippen LogP contribution in [0, 0.1) is 0 Å². The first-order chi connectivity index (χ1) is 14.8. The fourth-order valence-electron chi connectivity index (χ4n) is 4.35. The first-order valence-corrected chi connectivity index (χ1v) is 10.7. The molecule has 7 nitrogen and oxygen atoms in total. The van der Waals surface area contributed by atoms with Gasteiger partial charge < -0.3 is 23.7 Å². The van der Waals surface area contributed by atoms with Crippen LogP contribution < -0.4 is 9.64 Å². The molecule has 0 bridgehead atoms. The van der Waals surface area contributed by atoms with E-state index in [0.29, 0.717) is 13.2 Å². The van der Waals surface area contributed by atoms with E-state index in [1.165, 1.54) is 11.1 Å². The van der Waals surface area contributed by atoms with Gasteiger partial charge in [0.05, 0.1) is 31.0 Å². The Morgan fingerprint density at radius 3 is 2.93 bits per heavy atom. The third kappa shape index (κ3) is 3.87. The second-order valence-corrected chi connectivity index (χ2v) is 7.97. The zero-order valence-electron chi connectivity index (χ0n) is 17.4. The topological polar surface area (TPSA) is 61.6 Å². The quantitative estimate of drug-likeness (QED) is 0.624. The largest absolute Gasteiger partial charge is 0.490 e. The number of piperidine rings is 1. The van der Waals surface area contributed by atoms with Crippen LogP contribution in [-0.2, 0) is 29.0 Å². The van der Waals surface area contributed by atoms with Gasteiger partial charge in [-0.1, -0.05) is 6.07 Å². The van der Waals surface area contributed by atoms with E-state index in [1.807, 2.05) is 0 Å². The number of methoxy groups -OCH3 is 1. The molecule has 7 heteroatoms. The molecular formula is C23H28N4O3. The number of ether oxygens (including phenoxy) is 3. The van der Waals surface area contributed by atoms with Crippen molar-refractivity contribution in [2.75, 3.05) is 38.3 Å². The SMILES string of the molecule is COCCn1ccc2c(OC3CCN(c4cc5c(nn4)CCOC5)CC3)cccc21. The van der Waals surface area contributed by atoms with Gasteiger partial charge in [-0.25, -0.2) is 0 Å². The molecule has 158 valence electrons. The minimum atomic E-state index is 0.211. The van der Waals surface area contributed by atoms with Gasteiger partial charge in [0.2, 0.25) is 0 Å². The van der Waals surface area contributed by atoms with E-state index in [-0.39, 0.29) is 6.10 Å². The van der Waals surface area contributed by atoms with E-state index in [4.69, 9.17) is 14.2 Å². The Hall–Kier alpha value is -2.64. The van der Waals surface area contributed by atoms with Gasteiger partial charge in [-0.05, 0) is 24.3 Å². The van der Waals surface area contributed by atoms with Crippen molar-refractivity contribution < 1.29 is 14.2 Å². The standard InChI is InChI=1S/C23H28N4O3/c1-28-14-12-26-11-7-19-21(26)3-2-4-22(19)30-18-5-9-27(10-6-18)23-15-17-16-29-13-8-20(17)24-25-23/h2-4,7,11,15,18H,5-6,8-10,12-14,16H2,1H3. The van der Waals surface area contributed by atoms with Crippen LogP contribution in [-0.4, -0.2) is 54.3 Å². The van der Waals surface area contributed by atoms with Gasteiger partial charge in [-0.2, -0.15) is 5.10 Å². The maximum atomic E-state index is 6.43. The smallest absolute Gasteiger partial charge is 0.151 e. The number of benzene rings is 1. The lowest BCUT2D eigenvalue weighted by molar-refractivity contribution is 0.108. The highest BCUT2D eigenvalue weighted by Crippen LogP contribution is 2.30. The molecule has 1 fully saturated rings. The molecule has 0 atom stereocenters. The van der Waals surface area contributed by atoms with E-state index in [0.717, 1.165) is 68.2 Å². The van der Waals surface area contributed by atoms with Crippen LogP contribution >= 0.6 is 0 Å². The molecule has 0 radical (unpaired) electrons. The van der Waals surface area contributed by atoms with Crippen LogP contribution in [0.15, 0.2) is 36.5 Å². The number of fused-ring (bicyclic) bond motifs is 2. The maximum Gasteiger partial charge on any atom is 0.151 e. The molecule has 1 aromatic carbocycles. The normalized spacial score (nSPS) is 17.3. The fourth-order valence-corrected chi connectivity index (χ4v) is 4.35. The van der Waals surface area contributed by atoms with Gasteiger partial charge in [0.15, 0.2) is 5.82 Å². The van der Waals surface area contributed by atoms with Crippen LogP contribution in [0.4, 0.5) is 5.82 Å². The number of hydrogen-bond acceptors (Lipinski definition) is 6. The molecule has 0 unspecified atom stereocenters. The van der Waals surface area contributed by atoms with Crippen molar-refractivity contribution in [2.24, 2.45) is 0 Å². The zero-order valence-corrected chi connectivity index (χ0v) is 17.4. The molecule has 2 aromatic heterocycles. The third-order valence-electron chi connectivity index (χ3n) is 6.06. The van der Waals surface area contributed by atoms with Gasteiger partial charge >= 0.3 is 0 Å². The highest BCUT2D eigenvalue weighted by atomic mass is 16.5. The Labute approximate surface area is 176 Å². The third-order valence-corrected chi connectivity index (χ3v) is 6.06. The zero-order chi connectivity index (χ0) is 20.3. The van der Waals surface area contributed by atoms with Gasteiger partial charge in [0, 0.05) is 63.2 Å². The molecular weight excluding hydrogens is 380 g/mol. The first kappa shape index (κ1) is 19.3. The number of hydrogen-bond donors (Lipinski definition) is 0. The molecule has 30 heavy (non-hydrogen) atoms. The molecule has 2 aliphatic heterocycles. The Morgan fingerprint density at radius 2 is 2.07 bits per heavy atom. The second kappa shape index (κ2) is 8.62. The van der Waals surface area contributed by atoms with E-state index >= 15 is 0 Å². The van der Waals surface area contributed by atoms with Crippen molar-refractivity contribution in [3.05, 3.63) is 47.8 Å². The van der Waals surface area contributed by atoms with Gasteiger partial charge in [-0.15, -0.1) is 5.10 Å². The summed E-state index contributed by atoms with van der Waals surface area (Å²) in [7, 11) is 1.73. The van der Waals surface area contributed by atoms with Crippen LogP contribution in [0.2, 0.25) is 0 Å². The Bertz CT molecular complexity index is 1010. The van der Waals surface area contributed by atoms with Crippen molar-refractivity contribution in [3.8, 4) is 5.75 Å². The lowest BCUT2D eigenvalue weighted by atomic mass is 10.1. The number of nitrogens with zero attached hydrogens (tertiary/aromatic N) is 4. The number of rotatable bonds is 6. The average molecular weight is 409 g/mol. The number of anilines is 1. The summed E-state index contributed by atoms with van der Waals surface area (Å²) in [5.74, 6) is 1.92. The van der Waals surface area contributed by atoms with E-state index in [9.17, 15) is 0 Å². The molecule has 5 rings (SSSR count). The van der Waals surface area contributed by atoms with Crippen molar-refractivity contribution in [2.45, 2.75) is 38.5 Å². The lowest BCUT2D eigenvalue weighted by Crippen LogP contribution is -2.39. The van der Waals surface area contributed by atoms with Crippen LogP contribution in [0.1, 0.15) is 24.1 Å². The minimum absolute atomic E-state index is 0.211. The molecule has 3 aromatic rings. The van der Waals surface area contributed by atoms with Crippen LogP contribution in [0.25, 0.3) is 10.9 Å². The maximum absolute atomic E-state index is 6.43. The summed E-state index contributed by atoms with van der Waals surface area (Å²) in [4.78, 5) is 2.31. The molecule has 0 aliphatic carbocycles. The summed E-state index contributed by atoms with van der Waals surface area (Å²) in [6.07, 6.45) is 5.11. The summed E-state index contributed by atoms with van der Waals surface area (Å²) in [5.41, 5.74) is 3.44. The highest BCUT2D eigenvalue weighted by Gasteiger charge is 2.24. The molecule has 0 N–H and O–H groups in total. The molecule has 4 heterocycles. The van der Waals surface area contributed by atoms with Crippen LogP contribution in [0.3, 0.4) is 0 Å². The van der Waals surface area contributed by atoms with E-state index in [1.54, 1.807) is 7.11 Å². The molecule has 0 amide bonds. The monoisotopic (exact) mass is 408 g/mol. The van der Waals surface area contributed by atoms with Crippen molar-refractivity contribution in [1.82, 2.24) is 14.8 Å². The van der Waals surface area contributed by atoms with Crippen molar-refractivity contribution in [1.29, 1.82) is 0 Å². The van der Waals surface area contributed by atoms with E-state index in [2.05, 4.69) is 56.2 Å². The summed E-state index contributed by atoms with van der Waals surface area (Å²) >= 11 is 0. The average Bonchev–Trinajstić information content (AvgIpc) is 3.22. The molecule has 1 saturated heterocycles. The Morgan fingerprint density at radius 1 is 1.17 bits per heavy atom. The first-order valence-electron chi connectivity index (χ1n) is 10.7. The lowest BCUT2D eigenvalue weighted by Gasteiger charge is -2.33. The summed E-state index contributed by atoms with van der Waals surface area (Å²) in [6.45, 7) is 4.77. The molecule has 0 saturated carbocycles. The molecule has 0 spiro atoms. The summed E-state index contributed by atoms with van der Waals surface area (Å²) in [5, 5.41) is 10.0. The second-order valence-electron chi connectivity index (χ2n) is 7.97. The highest BCUT2D eigenvalue weighted by molar-refractivity contribution is 5.86. The van der Waals surface area contributed by atoms with Crippen molar-refractivity contribution in [3.63, 3.8) is 0 Å². The van der Waals surface area contributed by atoms with E-state index < -0.39 is 0 Å². The minimum Gasteiger partial charge on any atom is -0.490 e. The molecule has 2 aliphatic rings. The predicted octanol–water partition coefficient (Wildman–Crippen LogP) is 3.20. The summed E-state index contributed by atoms with van der Waals surface area (Å²) in [6, 6.07) is 10.6. The predicted molar refractivity (Wildman–Crippen MR) is 115 cm³/mol. The fraction of sp³-hybridized carbons (Fsp3) is 0.478. The Balaban J connectivity index is 1.24. The number of aromatic nitrogens is 3. The summed E-state index contributed by atoms with van der Waals surface area (Å²) < 4.78 is 19.4. The van der Waals surface area contributed by atoms with Gasteiger partial charge in [0.25, 0.3) is 0 Å².